The van der Waals surface area contributed by atoms with Gasteiger partial charge in [0.2, 0.25) is 5.91 Å². The summed E-state index contributed by atoms with van der Waals surface area (Å²) >= 11 is 1.28. The number of nitrogens with zero attached hydrogens (tertiary/aromatic N) is 4. The SMILES string of the molecule is CCOC(=O)C1(NC(=O)CSc2nnc(-c3cccnc3)n2-c2ccccc2)CCCC1. The molecule has 0 bridgehead atoms. The summed E-state index contributed by atoms with van der Waals surface area (Å²) in [5, 5.41) is 12.2. The molecule has 4 rings (SSSR count). The molecule has 32 heavy (non-hydrogen) atoms. The fraction of sp³-hybridized carbons (Fsp3) is 0.348. The van der Waals surface area contributed by atoms with E-state index in [1.807, 2.05) is 47.0 Å². The maximum atomic E-state index is 12.8. The molecule has 1 aliphatic rings. The third-order valence-electron chi connectivity index (χ3n) is 5.40. The predicted octanol–water partition coefficient (Wildman–Crippen LogP) is 3.41. The van der Waals surface area contributed by atoms with Gasteiger partial charge in [0.15, 0.2) is 11.0 Å². The molecule has 2 heterocycles. The number of ether oxygens (including phenoxy) is 1. The molecule has 0 spiro atoms. The number of amides is 1. The van der Waals surface area contributed by atoms with Crippen molar-refractivity contribution in [3.8, 4) is 17.1 Å². The zero-order valence-electron chi connectivity index (χ0n) is 17.9. The Balaban J connectivity index is 1.54. The van der Waals surface area contributed by atoms with Crippen LogP contribution in [0.25, 0.3) is 17.1 Å². The Morgan fingerprint density at radius 3 is 2.59 bits per heavy atom. The normalized spacial score (nSPS) is 14.8. The lowest BCUT2D eigenvalue weighted by molar-refractivity contribution is -0.152. The van der Waals surface area contributed by atoms with E-state index in [1.54, 1.807) is 19.3 Å². The first kappa shape index (κ1) is 22.0. The van der Waals surface area contributed by atoms with Gasteiger partial charge in [-0.15, -0.1) is 10.2 Å². The Morgan fingerprint density at radius 1 is 1.12 bits per heavy atom. The number of hydrogen-bond donors (Lipinski definition) is 1. The lowest BCUT2D eigenvalue weighted by atomic mass is 9.98. The van der Waals surface area contributed by atoms with Gasteiger partial charge in [-0.3, -0.25) is 14.3 Å². The van der Waals surface area contributed by atoms with Gasteiger partial charge in [-0.25, -0.2) is 4.79 Å². The molecule has 1 aromatic carbocycles. The van der Waals surface area contributed by atoms with Crippen LogP contribution < -0.4 is 5.32 Å². The lowest BCUT2D eigenvalue weighted by Crippen LogP contribution is -2.53. The quantitative estimate of drug-likeness (QED) is 0.414. The Bertz CT molecular complexity index is 1070. The Labute approximate surface area is 190 Å². The van der Waals surface area contributed by atoms with E-state index in [0.717, 1.165) is 24.1 Å². The smallest absolute Gasteiger partial charge is 0.331 e. The number of rotatable bonds is 8. The van der Waals surface area contributed by atoms with Gasteiger partial charge in [0.05, 0.1) is 12.4 Å². The van der Waals surface area contributed by atoms with Crippen LogP contribution in [0.4, 0.5) is 0 Å². The summed E-state index contributed by atoms with van der Waals surface area (Å²) in [6.45, 7) is 2.07. The molecule has 0 radical (unpaired) electrons. The van der Waals surface area contributed by atoms with E-state index in [2.05, 4.69) is 20.5 Å². The molecule has 9 heteroatoms. The van der Waals surface area contributed by atoms with E-state index in [4.69, 9.17) is 4.74 Å². The molecule has 0 atom stereocenters. The minimum Gasteiger partial charge on any atom is -0.464 e. The highest BCUT2D eigenvalue weighted by Crippen LogP contribution is 2.32. The van der Waals surface area contributed by atoms with Crippen LogP contribution in [0, 0.1) is 0 Å². The molecule has 2 aromatic heterocycles. The van der Waals surface area contributed by atoms with Crippen LogP contribution in [0.2, 0.25) is 0 Å². The minimum absolute atomic E-state index is 0.110. The van der Waals surface area contributed by atoms with Crippen molar-refractivity contribution in [2.45, 2.75) is 43.3 Å². The molecular weight excluding hydrogens is 426 g/mol. The number of hydrogen-bond acceptors (Lipinski definition) is 7. The van der Waals surface area contributed by atoms with Gasteiger partial charge >= 0.3 is 5.97 Å². The average molecular weight is 452 g/mol. The van der Waals surface area contributed by atoms with Crippen molar-refractivity contribution < 1.29 is 14.3 Å². The Morgan fingerprint density at radius 2 is 1.91 bits per heavy atom. The second-order valence-electron chi connectivity index (χ2n) is 7.57. The fourth-order valence-corrected chi connectivity index (χ4v) is 4.67. The van der Waals surface area contributed by atoms with Gasteiger partial charge in [0.1, 0.15) is 5.54 Å². The first-order valence-electron chi connectivity index (χ1n) is 10.7. The van der Waals surface area contributed by atoms with E-state index in [9.17, 15) is 9.59 Å². The van der Waals surface area contributed by atoms with Gasteiger partial charge < -0.3 is 10.1 Å². The number of para-hydroxylation sites is 1. The van der Waals surface area contributed by atoms with Crippen molar-refractivity contribution in [2.75, 3.05) is 12.4 Å². The molecule has 0 aliphatic heterocycles. The van der Waals surface area contributed by atoms with Gasteiger partial charge in [-0.05, 0) is 44.0 Å². The molecule has 1 fully saturated rings. The van der Waals surface area contributed by atoms with Crippen LogP contribution in [-0.2, 0) is 14.3 Å². The minimum atomic E-state index is -0.915. The van der Waals surface area contributed by atoms with Crippen molar-refractivity contribution in [3.63, 3.8) is 0 Å². The summed E-state index contributed by atoms with van der Waals surface area (Å²) in [6.07, 6.45) is 6.43. The third kappa shape index (κ3) is 4.67. The van der Waals surface area contributed by atoms with E-state index in [0.29, 0.717) is 30.4 Å². The Hall–Kier alpha value is -3.20. The molecule has 0 saturated heterocycles. The number of thioether (sulfide) groups is 1. The van der Waals surface area contributed by atoms with Crippen LogP contribution in [0.15, 0.2) is 60.0 Å². The molecule has 3 aromatic rings. The van der Waals surface area contributed by atoms with Gasteiger partial charge in [-0.1, -0.05) is 42.8 Å². The zero-order valence-corrected chi connectivity index (χ0v) is 18.7. The molecule has 1 N–H and O–H groups in total. The van der Waals surface area contributed by atoms with Crippen molar-refractivity contribution in [1.82, 2.24) is 25.1 Å². The summed E-state index contributed by atoms with van der Waals surface area (Å²) in [5.74, 6) is 0.183. The number of pyridine rings is 1. The van der Waals surface area contributed by atoms with Gasteiger partial charge in [-0.2, -0.15) is 0 Å². The number of esters is 1. The maximum Gasteiger partial charge on any atom is 0.331 e. The highest BCUT2D eigenvalue weighted by molar-refractivity contribution is 7.99. The first-order chi connectivity index (χ1) is 15.6. The van der Waals surface area contributed by atoms with Crippen LogP contribution in [-0.4, -0.2) is 49.5 Å². The zero-order chi connectivity index (χ0) is 22.4. The van der Waals surface area contributed by atoms with Crippen molar-refractivity contribution in [2.24, 2.45) is 0 Å². The summed E-state index contributed by atoms with van der Waals surface area (Å²) in [4.78, 5) is 29.5. The molecule has 166 valence electrons. The van der Waals surface area contributed by atoms with E-state index < -0.39 is 5.54 Å². The van der Waals surface area contributed by atoms with Crippen LogP contribution >= 0.6 is 11.8 Å². The molecule has 1 aliphatic carbocycles. The summed E-state index contributed by atoms with van der Waals surface area (Å²) in [5.41, 5.74) is 0.798. The topological polar surface area (TPSA) is 99.0 Å². The number of carbonyl (C=O) groups excluding carboxylic acids is 2. The molecule has 1 saturated carbocycles. The monoisotopic (exact) mass is 451 g/mol. The molecular formula is C23H25N5O3S. The summed E-state index contributed by atoms with van der Waals surface area (Å²) in [7, 11) is 0. The van der Waals surface area contributed by atoms with Crippen molar-refractivity contribution >= 4 is 23.6 Å². The van der Waals surface area contributed by atoms with Crippen LogP contribution in [0.5, 0.6) is 0 Å². The second kappa shape index (κ2) is 9.95. The third-order valence-corrected chi connectivity index (χ3v) is 6.33. The second-order valence-corrected chi connectivity index (χ2v) is 8.51. The summed E-state index contributed by atoms with van der Waals surface area (Å²) < 4.78 is 7.14. The molecule has 1 amide bonds. The standard InChI is InChI=1S/C23H25N5O3S/c1-2-31-21(30)23(12-6-7-13-23)25-19(29)16-32-22-27-26-20(17-9-8-14-24-15-17)28(22)18-10-4-3-5-11-18/h3-5,8-11,14-15H,2,6-7,12-13,16H2,1H3,(H,25,29). The maximum absolute atomic E-state index is 12.8. The first-order valence-corrected chi connectivity index (χ1v) is 11.6. The average Bonchev–Trinajstić information content (AvgIpc) is 3.47. The van der Waals surface area contributed by atoms with E-state index in [-0.39, 0.29) is 17.6 Å². The summed E-state index contributed by atoms with van der Waals surface area (Å²) in [6, 6.07) is 13.5. The number of aromatic nitrogens is 4. The van der Waals surface area contributed by atoms with Crippen LogP contribution in [0.1, 0.15) is 32.6 Å². The van der Waals surface area contributed by atoms with Gasteiger partial charge in [0, 0.05) is 23.6 Å². The Kier molecular flexibility index (Phi) is 6.84. The van der Waals surface area contributed by atoms with Gasteiger partial charge in [0.25, 0.3) is 0 Å². The van der Waals surface area contributed by atoms with E-state index >= 15 is 0 Å². The number of nitrogens with one attached hydrogen (secondary N) is 1. The van der Waals surface area contributed by atoms with Crippen LogP contribution in [0.3, 0.4) is 0 Å². The highest BCUT2D eigenvalue weighted by atomic mass is 32.2. The molecule has 0 unspecified atom stereocenters. The fourth-order valence-electron chi connectivity index (χ4n) is 3.92. The molecule has 8 nitrogen and oxygen atoms in total. The van der Waals surface area contributed by atoms with Crippen molar-refractivity contribution in [3.05, 3.63) is 54.9 Å². The lowest BCUT2D eigenvalue weighted by Gasteiger charge is -2.27. The predicted molar refractivity (Wildman–Crippen MR) is 121 cm³/mol. The number of benzene rings is 1. The van der Waals surface area contributed by atoms with E-state index in [1.165, 1.54) is 11.8 Å². The number of carbonyl (C=O) groups is 2. The van der Waals surface area contributed by atoms with Crippen molar-refractivity contribution in [1.29, 1.82) is 0 Å². The highest BCUT2D eigenvalue weighted by Gasteiger charge is 2.43. The largest absolute Gasteiger partial charge is 0.464 e.